The molecule has 0 saturated heterocycles. The molecule has 3 nitrogen and oxygen atoms in total. The predicted molar refractivity (Wildman–Crippen MR) is 81.8 cm³/mol. The number of nitrogens with two attached hydrogens (primary N) is 1. The third-order valence-corrected chi connectivity index (χ3v) is 5.26. The van der Waals surface area contributed by atoms with Gasteiger partial charge in [0.25, 0.3) is 0 Å². The van der Waals surface area contributed by atoms with Crippen LogP contribution in [0.5, 0.6) is 0 Å². The topological polar surface area (TPSA) is 55.1 Å². The van der Waals surface area contributed by atoms with E-state index in [0.717, 1.165) is 24.3 Å². The third kappa shape index (κ3) is 3.00. The molecule has 1 aliphatic carbocycles. The molecule has 1 atom stereocenters. The second-order valence-corrected chi connectivity index (χ2v) is 6.89. The van der Waals surface area contributed by atoms with Crippen molar-refractivity contribution in [2.75, 3.05) is 5.32 Å². The lowest BCUT2D eigenvalue weighted by Crippen LogP contribution is -2.48. The number of thiophene rings is 1. The Bertz CT molecular complexity index is 477. The first-order chi connectivity index (χ1) is 8.95. The number of carbonyl (C=O) groups excluding carboxylic acids is 1. The van der Waals surface area contributed by atoms with E-state index < -0.39 is 5.54 Å². The van der Waals surface area contributed by atoms with Crippen molar-refractivity contribution in [3.8, 4) is 0 Å². The summed E-state index contributed by atoms with van der Waals surface area (Å²) in [5.41, 5.74) is 8.02. The number of rotatable bonds is 4. The summed E-state index contributed by atoms with van der Waals surface area (Å²) in [4.78, 5) is 13.7. The molecule has 0 aliphatic heterocycles. The van der Waals surface area contributed by atoms with Crippen molar-refractivity contribution >= 4 is 22.2 Å². The molecule has 4 heteroatoms. The Hall–Kier alpha value is -0.870. The van der Waals surface area contributed by atoms with Gasteiger partial charge in [0.1, 0.15) is 0 Å². The average molecular weight is 280 g/mol. The molecule has 1 unspecified atom stereocenters. The monoisotopic (exact) mass is 280 g/mol. The molecule has 19 heavy (non-hydrogen) atoms. The van der Waals surface area contributed by atoms with Gasteiger partial charge in [-0.1, -0.05) is 13.3 Å². The van der Waals surface area contributed by atoms with Gasteiger partial charge < -0.3 is 11.1 Å². The van der Waals surface area contributed by atoms with E-state index in [2.05, 4.69) is 12.2 Å². The first-order valence-corrected chi connectivity index (χ1v) is 7.99. The molecule has 1 aliphatic rings. The van der Waals surface area contributed by atoms with Gasteiger partial charge in [-0.3, -0.25) is 4.79 Å². The largest absolute Gasteiger partial charge is 0.318 e. The van der Waals surface area contributed by atoms with E-state index in [9.17, 15) is 4.79 Å². The van der Waals surface area contributed by atoms with E-state index in [1.165, 1.54) is 28.8 Å². The van der Waals surface area contributed by atoms with Crippen molar-refractivity contribution in [2.24, 2.45) is 5.73 Å². The number of hydrogen-bond donors (Lipinski definition) is 2. The lowest BCUT2D eigenvalue weighted by atomic mass is 9.95. The van der Waals surface area contributed by atoms with Crippen LogP contribution in [-0.4, -0.2) is 11.4 Å². The molecule has 0 fully saturated rings. The van der Waals surface area contributed by atoms with Crippen molar-refractivity contribution in [3.05, 3.63) is 16.0 Å². The minimum Gasteiger partial charge on any atom is -0.318 e. The normalized spacial score (nSPS) is 17.7. The quantitative estimate of drug-likeness (QED) is 0.888. The van der Waals surface area contributed by atoms with Crippen LogP contribution in [0.1, 0.15) is 55.5 Å². The van der Waals surface area contributed by atoms with Crippen LogP contribution in [0.4, 0.5) is 5.00 Å². The highest BCUT2D eigenvalue weighted by molar-refractivity contribution is 7.16. The van der Waals surface area contributed by atoms with Crippen LogP contribution in [0.25, 0.3) is 0 Å². The number of hydrogen-bond acceptors (Lipinski definition) is 3. The van der Waals surface area contributed by atoms with E-state index in [-0.39, 0.29) is 5.91 Å². The fourth-order valence-electron chi connectivity index (χ4n) is 2.72. The molecule has 3 N–H and O–H groups in total. The summed E-state index contributed by atoms with van der Waals surface area (Å²) in [6.07, 6.45) is 6.48. The smallest absolute Gasteiger partial charge is 0.244 e. The zero-order chi connectivity index (χ0) is 14.0. The second kappa shape index (κ2) is 5.63. The fourth-order valence-corrected chi connectivity index (χ4v) is 4.01. The average Bonchev–Trinajstić information content (AvgIpc) is 2.67. The van der Waals surface area contributed by atoms with Gasteiger partial charge in [0.15, 0.2) is 0 Å². The first kappa shape index (κ1) is 14.5. The summed E-state index contributed by atoms with van der Waals surface area (Å²) in [6.45, 7) is 5.98. The Morgan fingerprint density at radius 3 is 2.74 bits per heavy atom. The minimum absolute atomic E-state index is 0.0592. The van der Waals surface area contributed by atoms with E-state index in [1.54, 1.807) is 11.3 Å². The molecule has 0 aromatic carbocycles. The summed E-state index contributed by atoms with van der Waals surface area (Å²) in [5, 5.41) is 4.05. The Labute approximate surface area is 119 Å². The number of nitrogens with one attached hydrogen (secondary N) is 1. The molecular weight excluding hydrogens is 256 g/mol. The molecular formula is C15H24N2OS. The van der Waals surface area contributed by atoms with E-state index in [0.29, 0.717) is 6.42 Å². The highest BCUT2D eigenvalue weighted by Gasteiger charge is 2.29. The van der Waals surface area contributed by atoms with E-state index in [4.69, 9.17) is 5.73 Å². The lowest BCUT2D eigenvalue weighted by Gasteiger charge is -2.22. The summed E-state index contributed by atoms with van der Waals surface area (Å²) in [7, 11) is 0. The van der Waals surface area contributed by atoms with Crippen LogP contribution in [0.15, 0.2) is 0 Å². The van der Waals surface area contributed by atoms with Gasteiger partial charge in [-0.25, -0.2) is 0 Å². The fraction of sp³-hybridized carbons (Fsp3) is 0.667. The van der Waals surface area contributed by atoms with Gasteiger partial charge in [-0.05, 0) is 57.1 Å². The molecule has 106 valence electrons. The van der Waals surface area contributed by atoms with Crippen molar-refractivity contribution < 1.29 is 4.79 Å². The number of amides is 1. The maximum Gasteiger partial charge on any atom is 0.244 e. The Balaban J connectivity index is 2.15. The molecule has 0 saturated carbocycles. The van der Waals surface area contributed by atoms with Gasteiger partial charge in [0.2, 0.25) is 5.91 Å². The minimum atomic E-state index is -0.772. The third-order valence-electron chi connectivity index (χ3n) is 3.95. The Kier molecular flexibility index (Phi) is 4.31. The maximum atomic E-state index is 12.3. The summed E-state index contributed by atoms with van der Waals surface area (Å²) in [5.74, 6) is -0.0592. The van der Waals surface area contributed by atoms with Crippen LogP contribution in [0.2, 0.25) is 0 Å². The Morgan fingerprint density at radius 2 is 2.11 bits per heavy atom. The van der Waals surface area contributed by atoms with Gasteiger partial charge >= 0.3 is 0 Å². The lowest BCUT2D eigenvalue weighted by molar-refractivity contribution is -0.120. The molecule has 1 aromatic rings. The summed E-state index contributed by atoms with van der Waals surface area (Å²) in [6, 6.07) is 0. The number of aryl methyl sites for hydroxylation is 1. The summed E-state index contributed by atoms with van der Waals surface area (Å²) < 4.78 is 0. The molecule has 1 aromatic heterocycles. The maximum absolute atomic E-state index is 12.3. The Morgan fingerprint density at radius 1 is 1.42 bits per heavy atom. The zero-order valence-electron chi connectivity index (χ0n) is 12.1. The van der Waals surface area contributed by atoms with Gasteiger partial charge in [0, 0.05) is 4.88 Å². The van der Waals surface area contributed by atoms with Crippen LogP contribution < -0.4 is 11.1 Å². The predicted octanol–water partition coefficient (Wildman–Crippen LogP) is 3.39. The molecule has 0 spiro atoms. The molecule has 1 amide bonds. The molecule has 0 bridgehead atoms. The number of carbonyl (C=O) groups is 1. The van der Waals surface area contributed by atoms with Gasteiger partial charge in [-0.2, -0.15) is 0 Å². The number of fused-ring (bicyclic) bond motifs is 1. The highest BCUT2D eigenvalue weighted by atomic mass is 32.1. The SMILES string of the molecule is CCCC(C)(N)C(=O)Nc1sc2c(c1C)CCCC2. The standard InChI is InChI=1S/C15H24N2OS/c1-4-9-15(3,16)14(18)17-13-10(2)11-7-5-6-8-12(11)19-13/h4-9,16H2,1-3H3,(H,17,18). The van der Waals surface area contributed by atoms with E-state index >= 15 is 0 Å². The van der Waals surface area contributed by atoms with Crippen molar-refractivity contribution in [2.45, 2.75) is 64.8 Å². The second-order valence-electron chi connectivity index (χ2n) is 5.79. The molecule has 0 radical (unpaired) electrons. The highest BCUT2D eigenvalue weighted by Crippen LogP contribution is 2.37. The van der Waals surface area contributed by atoms with Gasteiger partial charge in [0.05, 0.1) is 10.5 Å². The van der Waals surface area contributed by atoms with E-state index in [1.807, 2.05) is 13.8 Å². The van der Waals surface area contributed by atoms with Crippen molar-refractivity contribution in [1.82, 2.24) is 0 Å². The summed E-state index contributed by atoms with van der Waals surface area (Å²) >= 11 is 1.74. The van der Waals surface area contributed by atoms with Crippen LogP contribution >= 0.6 is 11.3 Å². The number of anilines is 1. The van der Waals surface area contributed by atoms with Crippen molar-refractivity contribution in [1.29, 1.82) is 0 Å². The van der Waals surface area contributed by atoms with Crippen LogP contribution in [0, 0.1) is 6.92 Å². The van der Waals surface area contributed by atoms with Crippen molar-refractivity contribution in [3.63, 3.8) is 0 Å². The molecule has 2 rings (SSSR count). The van der Waals surface area contributed by atoms with Crippen LogP contribution in [-0.2, 0) is 17.6 Å². The molecule has 1 heterocycles. The zero-order valence-corrected chi connectivity index (χ0v) is 13.0. The van der Waals surface area contributed by atoms with Gasteiger partial charge in [-0.15, -0.1) is 11.3 Å². The first-order valence-electron chi connectivity index (χ1n) is 7.17. The van der Waals surface area contributed by atoms with Crippen LogP contribution in [0.3, 0.4) is 0 Å².